The summed E-state index contributed by atoms with van der Waals surface area (Å²) < 4.78 is 12.9. The molecule has 2 nitrogen and oxygen atoms in total. The zero-order valence-electron chi connectivity index (χ0n) is 11.8. The van der Waals surface area contributed by atoms with Gasteiger partial charge in [0.25, 0.3) is 0 Å². The molecule has 1 heterocycles. The van der Waals surface area contributed by atoms with Gasteiger partial charge in [0, 0.05) is 17.5 Å². The molecule has 0 saturated carbocycles. The maximum atomic E-state index is 12.9. The Hall–Kier alpha value is -1.52. The Kier molecular flexibility index (Phi) is 5.44. The first kappa shape index (κ1) is 14.9. The first-order valence-electron chi connectivity index (χ1n) is 6.84. The molecule has 20 heavy (non-hydrogen) atoms. The topological polar surface area (TPSA) is 24.9 Å². The lowest BCUT2D eigenvalue weighted by molar-refractivity contribution is 0.628. The molecule has 2 aromatic rings. The van der Waals surface area contributed by atoms with Crippen LogP contribution >= 0.6 is 11.3 Å². The number of rotatable bonds is 6. The number of likely N-dealkylation sites (N-methyl/N-ethyl adjacent to an activating group) is 1. The van der Waals surface area contributed by atoms with Gasteiger partial charge < -0.3 is 5.32 Å². The molecule has 0 bridgehead atoms. The van der Waals surface area contributed by atoms with E-state index in [4.69, 9.17) is 0 Å². The van der Waals surface area contributed by atoms with Crippen LogP contribution in [0.15, 0.2) is 35.2 Å². The first-order chi connectivity index (χ1) is 9.72. The summed E-state index contributed by atoms with van der Waals surface area (Å²) in [4.78, 5) is 4.60. The summed E-state index contributed by atoms with van der Waals surface area (Å²) >= 11 is 1.59. The van der Waals surface area contributed by atoms with Gasteiger partial charge in [0.05, 0.1) is 5.69 Å². The zero-order valence-corrected chi connectivity index (χ0v) is 12.6. The Balaban J connectivity index is 2.15. The number of nitrogens with zero attached hydrogens (tertiary/aromatic N) is 1. The molecule has 0 aliphatic carbocycles. The van der Waals surface area contributed by atoms with Gasteiger partial charge in [-0.15, -0.1) is 11.3 Å². The van der Waals surface area contributed by atoms with Crippen LogP contribution < -0.4 is 5.32 Å². The van der Waals surface area contributed by atoms with E-state index in [1.54, 1.807) is 23.5 Å². The highest BCUT2D eigenvalue weighted by Gasteiger charge is 2.04. The Morgan fingerprint density at radius 1 is 1.30 bits per heavy atom. The van der Waals surface area contributed by atoms with Gasteiger partial charge in [-0.25, -0.2) is 9.37 Å². The van der Waals surface area contributed by atoms with Gasteiger partial charge in [0.15, 0.2) is 0 Å². The number of hydrogen-bond donors (Lipinski definition) is 1. The molecule has 0 atom stereocenters. The molecule has 1 aromatic heterocycles. The third kappa shape index (κ3) is 3.99. The van der Waals surface area contributed by atoms with Crippen molar-refractivity contribution in [1.29, 1.82) is 0 Å². The normalized spacial score (nSPS) is 11.8. The number of hydrogen-bond acceptors (Lipinski definition) is 3. The molecule has 0 spiro atoms. The minimum Gasteiger partial charge on any atom is -0.313 e. The Morgan fingerprint density at radius 3 is 2.70 bits per heavy atom. The van der Waals surface area contributed by atoms with E-state index in [0.29, 0.717) is 0 Å². The van der Waals surface area contributed by atoms with E-state index < -0.39 is 0 Å². The van der Waals surface area contributed by atoms with E-state index in [-0.39, 0.29) is 5.82 Å². The summed E-state index contributed by atoms with van der Waals surface area (Å²) in [5.41, 5.74) is 3.27. The molecule has 0 saturated heterocycles. The van der Waals surface area contributed by atoms with E-state index in [0.717, 1.165) is 35.8 Å². The van der Waals surface area contributed by atoms with Crippen molar-refractivity contribution in [2.75, 3.05) is 13.1 Å². The second-order valence-electron chi connectivity index (χ2n) is 4.52. The monoisotopic (exact) mass is 290 g/mol. The van der Waals surface area contributed by atoms with Gasteiger partial charge in [-0.05, 0) is 43.3 Å². The van der Waals surface area contributed by atoms with E-state index in [9.17, 15) is 4.39 Å². The van der Waals surface area contributed by atoms with Crippen LogP contribution in [0.3, 0.4) is 0 Å². The molecule has 0 aliphatic heterocycles. The molecule has 106 valence electrons. The lowest BCUT2D eigenvalue weighted by Crippen LogP contribution is -2.15. The van der Waals surface area contributed by atoms with Gasteiger partial charge in [-0.3, -0.25) is 0 Å². The molecule has 0 radical (unpaired) electrons. The van der Waals surface area contributed by atoms with Gasteiger partial charge in [0.1, 0.15) is 10.8 Å². The third-order valence-electron chi connectivity index (χ3n) is 3.02. The third-order valence-corrected chi connectivity index (χ3v) is 3.93. The maximum absolute atomic E-state index is 12.9. The average Bonchev–Trinajstić information content (AvgIpc) is 2.92. The fourth-order valence-corrected chi connectivity index (χ4v) is 2.63. The largest absolute Gasteiger partial charge is 0.313 e. The Labute approximate surface area is 123 Å². The van der Waals surface area contributed by atoms with Crippen LogP contribution in [0.5, 0.6) is 0 Å². The van der Waals surface area contributed by atoms with Gasteiger partial charge >= 0.3 is 0 Å². The molecule has 0 unspecified atom stereocenters. The lowest BCUT2D eigenvalue weighted by Gasteiger charge is -2.03. The second-order valence-corrected chi connectivity index (χ2v) is 5.38. The highest BCUT2D eigenvalue weighted by Crippen LogP contribution is 2.25. The van der Waals surface area contributed by atoms with Crippen molar-refractivity contribution in [2.45, 2.75) is 20.3 Å². The molecule has 4 heteroatoms. The smallest absolute Gasteiger partial charge is 0.124 e. The van der Waals surface area contributed by atoms with Crippen molar-refractivity contribution >= 4 is 17.4 Å². The second kappa shape index (κ2) is 7.31. The summed E-state index contributed by atoms with van der Waals surface area (Å²) in [6.45, 7) is 6.12. The van der Waals surface area contributed by atoms with E-state index in [2.05, 4.69) is 30.2 Å². The van der Waals surface area contributed by atoms with Crippen LogP contribution in [-0.2, 0) is 0 Å². The predicted molar refractivity (Wildman–Crippen MR) is 84.3 cm³/mol. The summed E-state index contributed by atoms with van der Waals surface area (Å²) in [6, 6.07) is 6.46. The van der Waals surface area contributed by atoms with Crippen molar-refractivity contribution in [3.63, 3.8) is 0 Å². The Bertz CT molecular complexity index is 572. The van der Waals surface area contributed by atoms with E-state index in [1.165, 1.54) is 17.7 Å². The molecule has 2 rings (SSSR count). The predicted octanol–water partition coefficient (Wildman–Crippen LogP) is 4.35. The molecule has 0 fully saturated rings. The number of benzene rings is 1. The number of nitrogens with one attached hydrogen (secondary N) is 1. The number of halogens is 1. The Morgan fingerprint density at radius 2 is 2.05 bits per heavy atom. The van der Waals surface area contributed by atoms with Gasteiger partial charge in [-0.2, -0.15) is 0 Å². The van der Waals surface area contributed by atoms with Crippen molar-refractivity contribution in [3.8, 4) is 10.6 Å². The minimum absolute atomic E-state index is 0.218. The quantitative estimate of drug-likeness (QED) is 0.855. The highest BCUT2D eigenvalue weighted by molar-refractivity contribution is 7.13. The standard InChI is InChI=1S/C16H19FN2S/c1-3-12(10-18-4-2)9-15-11-20-16(19-15)13-5-7-14(17)8-6-13/h5-9,11,18H,3-4,10H2,1-2H3. The van der Waals surface area contributed by atoms with Crippen LogP contribution in [0.1, 0.15) is 26.0 Å². The van der Waals surface area contributed by atoms with Crippen LogP contribution in [0.25, 0.3) is 16.6 Å². The zero-order chi connectivity index (χ0) is 14.4. The lowest BCUT2D eigenvalue weighted by atomic mass is 10.1. The van der Waals surface area contributed by atoms with Crippen LogP contribution in [-0.4, -0.2) is 18.1 Å². The molecule has 1 aromatic carbocycles. The summed E-state index contributed by atoms with van der Waals surface area (Å²) in [7, 11) is 0. The van der Waals surface area contributed by atoms with Crippen molar-refractivity contribution in [3.05, 3.63) is 46.7 Å². The van der Waals surface area contributed by atoms with Crippen molar-refractivity contribution in [2.24, 2.45) is 0 Å². The summed E-state index contributed by atoms with van der Waals surface area (Å²) in [6.07, 6.45) is 3.14. The molecule has 0 amide bonds. The molecule has 1 N–H and O–H groups in total. The van der Waals surface area contributed by atoms with Crippen LogP contribution in [0.4, 0.5) is 4.39 Å². The average molecular weight is 290 g/mol. The van der Waals surface area contributed by atoms with E-state index in [1.807, 2.05) is 5.38 Å². The van der Waals surface area contributed by atoms with Gasteiger partial charge in [-0.1, -0.05) is 19.4 Å². The van der Waals surface area contributed by atoms with Crippen molar-refractivity contribution in [1.82, 2.24) is 10.3 Å². The SMILES string of the molecule is CCNCC(=Cc1csc(-c2ccc(F)cc2)n1)CC. The molecular weight excluding hydrogens is 271 g/mol. The summed E-state index contributed by atoms with van der Waals surface area (Å²) in [5.74, 6) is -0.218. The highest BCUT2D eigenvalue weighted by atomic mass is 32.1. The molecule has 0 aliphatic rings. The fourth-order valence-electron chi connectivity index (χ4n) is 1.85. The van der Waals surface area contributed by atoms with Crippen LogP contribution in [0, 0.1) is 5.82 Å². The summed E-state index contributed by atoms with van der Waals surface area (Å²) in [5, 5.41) is 6.30. The van der Waals surface area contributed by atoms with Gasteiger partial charge in [0.2, 0.25) is 0 Å². The maximum Gasteiger partial charge on any atom is 0.124 e. The van der Waals surface area contributed by atoms with E-state index >= 15 is 0 Å². The number of thiazole rings is 1. The number of aromatic nitrogens is 1. The minimum atomic E-state index is -0.218. The first-order valence-corrected chi connectivity index (χ1v) is 7.72. The fraction of sp³-hybridized carbons (Fsp3) is 0.312. The molecular formula is C16H19FN2S. The van der Waals surface area contributed by atoms with Crippen LogP contribution in [0.2, 0.25) is 0 Å². The van der Waals surface area contributed by atoms with Crippen molar-refractivity contribution < 1.29 is 4.39 Å².